The van der Waals surface area contributed by atoms with Gasteiger partial charge in [0, 0.05) is 18.0 Å². The third-order valence-corrected chi connectivity index (χ3v) is 4.06. The van der Waals surface area contributed by atoms with Crippen molar-refractivity contribution in [2.24, 2.45) is 0 Å². The summed E-state index contributed by atoms with van der Waals surface area (Å²) in [6.07, 6.45) is -4.31. The molecule has 0 saturated heterocycles. The van der Waals surface area contributed by atoms with Crippen molar-refractivity contribution in [3.05, 3.63) is 51.0 Å². The van der Waals surface area contributed by atoms with Crippen LogP contribution < -0.4 is 5.32 Å². The molecule has 1 N–H and O–H groups in total. The first-order valence-electron chi connectivity index (χ1n) is 6.16. The monoisotopic (exact) mass is 300 g/mol. The summed E-state index contributed by atoms with van der Waals surface area (Å²) < 4.78 is 38.5. The maximum atomic E-state index is 12.8. The molecule has 0 aliphatic rings. The summed E-state index contributed by atoms with van der Waals surface area (Å²) in [6, 6.07) is 5.62. The minimum absolute atomic E-state index is 0.174. The highest BCUT2D eigenvalue weighted by Gasteiger charge is 2.32. The van der Waals surface area contributed by atoms with Crippen molar-refractivity contribution in [1.29, 1.82) is 0 Å². The van der Waals surface area contributed by atoms with Crippen LogP contribution in [0.4, 0.5) is 13.2 Å². The molecule has 0 radical (unpaired) electrons. The van der Waals surface area contributed by atoms with E-state index in [1.54, 1.807) is 17.4 Å². The van der Waals surface area contributed by atoms with Crippen molar-refractivity contribution >= 4 is 11.3 Å². The first-order valence-corrected chi connectivity index (χ1v) is 6.98. The van der Waals surface area contributed by atoms with Crippen molar-refractivity contribution in [1.82, 2.24) is 10.3 Å². The quantitative estimate of drug-likeness (QED) is 0.920. The van der Waals surface area contributed by atoms with Gasteiger partial charge >= 0.3 is 6.18 Å². The Morgan fingerprint density at radius 2 is 1.85 bits per heavy atom. The number of benzene rings is 1. The zero-order valence-corrected chi connectivity index (χ0v) is 12.0. The van der Waals surface area contributed by atoms with Crippen LogP contribution in [0.5, 0.6) is 0 Å². The molecular weight excluding hydrogens is 285 g/mol. The summed E-state index contributed by atoms with van der Waals surface area (Å²) in [6.45, 7) is 4.56. The molecule has 0 aliphatic heterocycles. The van der Waals surface area contributed by atoms with Crippen LogP contribution in [0.3, 0.4) is 0 Å². The molecular formula is C14H15F3N2S. The van der Waals surface area contributed by atoms with Gasteiger partial charge in [-0.2, -0.15) is 13.2 Å². The summed E-state index contributed by atoms with van der Waals surface area (Å²) in [5.74, 6) is 0. The van der Waals surface area contributed by atoms with E-state index in [9.17, 15) is 13.2 Å². The number of nitrogens with zero attached hydrogens (tertiary/aromatic N) is 1. The van der Waals surface area contributed by atoms with Crippen molar-refractivity contribution in [2.75, 3.05) is 0 Å². The minimum atomic E-state index is -4.31. The highest BCUT2D eigenvalue weighted by atomic mass is 32.1. The van der Waals surface area contributed by atoms with E-state index in [0.29, 0.717) is 6.54 Å². The van der Waals surface area contributed by atoms with Crippen molar-refractivity contribution in [3.8, 4) is 0 Å². The molecule has 0 atom stereocenters. The van der Waals surface area contributed by atoms with Crippen molar-refractivity contribution in [3.63, 3.8) is 0 Å². The second-order valence-electron chi connectivity index (χ2n) is 4.51. The Morgan fingerprint density at radius 3 is 2.45 bits per heavy atom. The molecule has 1 aromatic heterocycles. The number of thiazole rings is 1. The molecule has 108 valence electrons. The number of rotatable bonds is 4. The van der Waals surface area contributed by atoms with Crippen LogP contribution in [0, 0.1) is 13.8 Å². The molecule has 0 bridgehead atoms. The standard InChI is InChI=1S/C14H15F3N2S/c1-9-10(2)20-13(19-9)8-18-7-11-5-3-4-6-12(11)14(15,16)17/h3-6,18H,7-8H2,1-2H3. The lowest BCUT2D eigenvalue weighted by Crippen LogP contribution is -2.17. The van der Waals surface area contributed by atoms with E-state index in [-0.39, 0.29) is 12.1 Å². The van der Waals surface area contributed by atoms with E-state index >= 15 is 0 Å². The lowest BCUT2D eigenvalue weighted by molar-refractivity contribution is -0.138. The van der Waals surface area contributed by atoms with Crippen LogP contribution in [0.25, 0.3) is 0 Å². The molecule has 20 heavy (non-hydrogen) atoms. The third-order valence-electron chi connectivity index (χ3n) is 2.99. The largest absolute Gasteiger partial charge is 0.416 e. The molecule has 2 rings (SSSR count). The number of halogens is 3. The van der Waals surface area contributed by atoms with Gasteiger partial charge in [0.1, 0.15) is 5.01 Å². The molecule has 0 saturated carbocycles. The van der Waals surface area contributed by atoms with Crippen LogP contribution in [0.1, 0.15) is 26.7 Å². The summed E-state index contributed by atoms with van der Waals surface area (Å²) in [4.78, 5) is 5.48. The Balaban J connectivity index is 2.01. The van der Waals surface area contributed by atoms with Gasteiger partial charge in [-0.1, -0.05) is 18.2 Å². The first-order chi connectivity index (χ1) is 9.38. The molecule has 0 unspecified atom stereocenters. The Labute approximate surface area is 119 Å². The molecule has 0 aliphatic carbocycles. The maximum absolute atomic E-state index is 12.8. The fourth-order valence-corrected chi connectivity index (χ4v) is 2.77. The van der Waals surface area contributed by atoms with Gasteiger partial charge in [-0.15, -0.1) is 11.3 Å². The topological polar surface area (TPSA) is 24.9 Å². The van der Waals surface area contributed by atoms with Crippen LogP contribution in [0.2, 0.25) is 0 Å². The van der Waals surface area contributed by atoms with Crippen molar-refractivity contribution in [2.45, 2.75) is 33.1 Å². The third kappa shape index (κ3) is 3.58. The van der Waals surface area contributed by atoms with Crippen LogP contribution >= 0.6 is 11.3 Å². The number of aromatic nitrogens is 1. The second kappa shape index (κ2) is 5.93. The fraction of sp³-hybridized carbons (Fsp3) is 0.357. The van der Waals surface area contributed by atoms with E-state index in [1.807, 2.05) is 13.8 Å². The Bertz CT molecular complexity index is 571. The number of alkyl halides is 3. The molecule has 0 amide bonds. The van der Waals surface area contributed by atoms with Gasteiger partial charge < -0.3 is 5.32 Å². The summed E-state index contributed by atoms with van der Waals surface area (Å²) >= 11 is 1.56. The van der Waals surface area contributed by atoms with E-state index in [4.69, 9.17) is 0 Å². The Hall–Kier alpha value is -1.40. The second-order valence-corrected chi connectivity index (χ2v) is 5.80. The number of hydrogen-bond donors (Lipinski definition) is 1. The molecule has 2 nitrogen and oxygen atoms in total. The average Bonchev–Trinajstić information content (AvgIpc) is 2.68. The number of hydrogen-bond acceptors (Lipinski definition) is 3. The fourth-order valence-electron chi connectivity index (χ4n) is 1.87. The highest BCUT2D eigenvalue weighted by molar-refractivity contribution is 7.11. The van der Waals surface area contributed by atoms with Crippen LogP contribution in [0.15, 0.2) is 24.3 Å². The van der Waals surface area contributed by atoms with E-state index in [2.05, 4.69) is 10.3 Å². The van der Waals surface area contributed by atoms with Gasteiger partial charge in [0.2, 0.25) is 0 Å². The maximum Gasteiger partial charge on any atom is 0.416 e. The number of aryl methyl sites for hydroxylation is 2. The van der Waals surface area contributed by atoms with E-state index < -0.39 is 11.7 Å². The predicted molar refractivity (Wildman–Crippen MR) is 73.6 cm³/mol. The SMILES string of the molecule is Cc1nc(CNCc2ccccc2C(F)(F)F)sc1C. The van der Waals surface area contributed by atoms with Gasteiger partial charge in [0.15, 0.2) is 0 Å². The van der Waals surface area contributed by atoms with Gasteiger partial charge in [-0.05, 0) is 25.5 Å². The lowest BCUT2D eigenvalue weighted by atomic mass is 10.1. The number of nitrogens with one attached hydrogen (secondary N) is 1. The minimum Gasteiger partial charge on any atom is -0.306 e. The molecule has 2 aromatic rings. The lowest BCUT2D eigenvalue weighted by Gasteiger charge is -2.12. The van der Waals surface area contributed by atoms with Gasteiger partial charge in [0.25, 0.3) is 0 Å². The van der Waals surface area contributed by atoms with Crippen LogP contribution in [-0.2, 0) is 19.3 Å². The zero-order chi connectivity index (χ0) is 14.8. The zero-order valence-electron chi connectivity index (χ0n) is 11.2. The molecule has 1 heterocycles. The Morgan fingerprint density at radius 1 is 1.15 bits per heavy atom. The van der Waals surface area contributed by atoms with Gasteiger partial charge in [0.05, 0.1) is 11.3 Å². The Kier molecular flexibility index (Phi) is 4.45. The van der Waals surface area contributed by atoms with Gasteiger partial charge in [-0.25, -0.2) is 4.98 Å². The first kappa shape index (κ1) is 15.0. The molecule has 1 aromatic carbocycles. The summed E-state index contributed by atoms with van der Waals surface area (Å²) in [7, 11) is 0. The molecule has 0 spiro atoms. The molecule has 0 fully saturated rings. The normalized spacial score (nSPS) is 11.8. The van der Waals surface area contributed by atoms with E-state index in [0.717, 1.165) is 21.6 Å². The predicted octanol–water partition coefficient (Wildman–Crippen LogP) is 4.07. The van der Waals surface area contributed by atoms with Crippen molar-refractivity contribution < 1.29 is 13.2 Å². The van der Waals surface area contributed by atoms with Gasteiger partial charge in [-0.3, -0.25) is 0 Å². The smallest absolute Gasteiger partial charge is 0.306 e. The van der Waals surface area contributed by atoms with Crippen LogP contribution in [-0.4, -0.2) is 4.98 Å². The highest BCUT2D eigenvalue weighted by Crippen LogP contribution is 2.31. The van der Waals surface area contributed by atoms with E-state index in [1.165, 1.54) is 12.1 Å². The molecule has 6 heteroatoms. The summed E-state index contributed by atoms with van der Waals surface area (Å²) in [5.41, 5.74) is 0.645. The average molecular weight is 300 g/mol. The summed E-state index contributed by atoms with van der Waals surface area (Å²) in [5, 5.41) is 3.91.